The van der Waals surface area contributed by atoms with E-state index in [1.807, 2.05) is 24.3 Å². The van der Waals surface area contributed by atoms with E-state index in [1.165, 1.54) is 0 Å². The lowest BCUT2D eigenvalue weighted by Gasteiger charge is -2.30. The van der Waals surface area contributed by atoms with Crippen LogP contribution in [0.25, 0.3) is 11.3 Å². The number of carboxylic acid groups (broad SMARTS) is 1. The van der Waals surface area contributed by atoms with Gasteiger partial charge in [0.15, 0.2) is 0 Å². The van der Waals surface area contributed by atoms with Crippen LogP contribution in [-0.4, -0.2) is 45.3 Å². The number of H-pyrrole nitrogens is 1. The van der Waals surface area contributed by atoms with Crippen molar-refractivity contribution in [1.29, 1.82) is 0 Å². The van der Waals surface area contributed by atoms with Gasteiger partial charge >= 0.3 is 12.0 Å². The number of aliphatic carboxylic acids is 1. The number of nitrogens with zero attached hydrogens (tertiary/aromatic N) is 2. The largest absolute Gasteiger partial charge is 0.481 e. The number of likely N-dealkylation sites (tertiary alicyclic amines) is 1. The Morgan fingerprint density at radius 3 is 2.96 bits per heavy atom. The normalized spacial score (nSPS) is 17.7. The predicted molar refractivity (Wildman–Crippen MR) is 85.0 cm³/mol. The molecule has 23 heavy (non-hydrogen) atoms. The highest BCUT2D eigenvalue weighted by Crippen LogP contribution is 2.22. The fraction of sp³-hybridized carbons (Fsp3) is 0.312. The monoisotopic (exact) mass is 314 g/mol. The molecule has 0 saturated carbocycles. The molecule has 2 amide bonds. The molecule has 1 aliphatic rings. The second-order valence-corrected chi connectivity index (χ2v) is 5.60. The van der Waals surface area contributed by atoms with Crippen LogP contribution >= 0.6 is 0 Å². The van der Waals surface area contributed by atoms with Gasteiger partial charge in [0, 0.05) is 30.5 Å². The number of aromatic nitrogens is 2. The van der Waals surface area contributed by atoms with Crippen molar-refractivity contribution in [2.75, 3.05) is 18.4 Å². The molecule has 7 nitrogen and oxygen atoms in total. The van der Waals surface area contributed by atoms with Crippen LogP contribution in [0.2, 0.25) is 0 Å². The number of benzene rings is 1. The maximum Gasteiger partial charge on any atom is 0.321 e. The minimum absolute atomic E-state index is 0.251. The van der Waals surface area contributed by atoms with Crippen LogP contribution in [0.5, 0.6) is 0 Å². The smallest absolute Gasteiger partial charge is 0.321 e. The van der Waals surface area contributed by atoms with Crippen molar-refractivity contribution in [2.24, 2.45) is 5.92 Å². The van der Waals surface area contributed by atoms with E-state index in [-0.39, 0.29) is 12.6 Å². The number of piperidine rings is 1. The first-order chi connectivity index (χ1) is 11.1. The minimum atomic E-state index is -0.844. The first-order valence-corrected chi connectivity index (χ1v) is 7.52. The van der Waals surface area contributed by atoms with E-state index < -0.39 is 11.9 Å². The summed E-state index contributed by atoms with van der Waals surface area (Å²) in [5, 5.41) is 18.7. The van der Waals surface area contributed by atoms with Gasteiger partial charge in [0.05, 0.1) is 11.6 Å². The zero-order chi connectivity index (χ0) is 16.2. The van der Waals surface area contributed by atoms with Gasteiger partial charge in [-0.25, -0.2) is 4.79 Å². The standard InChI is InChI=1S/C16H18N4O3/c21-15(22)12-4-2-8-20(10-12)16(23)18-13-5-1-3-11(9-13)14-6-7-17-19-14/h1,3,5-7,9,12H,2,4,8,10H2,(H,17,19)(H,18,23)(H,21,22). The summed E-state index contributed by atoms with van der Waals surface area (Å²) in [5.41, 5.74) is 2.45. The SMILES string of the molecule is O=C(O)C1CCCN(C(=O)Nc2cccc(-c3ccn[nH]3)c2)C1. The van der Waals surface area contributed by atoms with E-state index in [1.54, 1.807) is 17.2 Å². The second-order valence-electron chi connectivity index (χ2n) is 5.60. The Kier molecular flexibility index (Phi) is 4.27. The molecular weight excluding hydrogens is 296 g/mol. The molecule has 0 bridgehead atoms. The highest BCUT2D eigenvalue weighted by molar-refractivity contribution is 5.90. The van der Waals surface area contributed by atoms with Gasteiger partial charge in [-0.05, 0) is 31.0 Å². The first-order valence-electron chi connectivity index (χ1n) is 7.52. The fourth-order valence-electron chi connectivity index (χ4n) is 2.75. The average molecular weight is 314 g/mol. The van der Waals surface area contributed by atoms with Crippen LogP contribution < -0.4 is 5.32 Å². The van der Waals surface area contributed by atoms with Gasteiger partial charge in [-0.2, -0.15) is 5.10 Å². The van der Waals surface area contributed by atoms with Crippen molar-refractivity contribution in [3.8, 4) is 11.3 Å². The third-order valence-electron chi connectivity index (χ3n) is 3.98. The molecule has 1 saturated heterocycles. The van der Waals surface area contributed by atoms with E-state index in [4.69, 9.17) is 5.11 Å². The van der Waals surface area contributed by atoms with Crippen molar-refractivity contribution >= 4 is 17.7 Å². The predicted octanol–water partition coefficient (Wildman–Crippen LogP) is 2.41. The Morgan fingerprint density at radius 1 is 1.35 bits per heavy atom. The van der Waals surface area contributed by atoms with Crippen molar-refractivity contribution in [2.45, 2.75) is 12.8 Å². The second kappa shape index (κ2) is 6.51. The number of carbonyl (C=O) groups is 2. The highest BCUT2D eigenvalue weighted by atomic mass is 16.4. The minimum Gasteiger partial charge on any atom is -0.481 e. The molecule has 0 spiro atoms. The Morgan fingerprint density at radius 2 is 2.22 bits per heavy atom. The molecule has 3 N–H and O–H groups in total. The van der Waals surface area contributed by atoms with Crippen LogP contribution in [0, 0.1) is 5.92 Å². The molecular formula is C16H18N4O3. The summed E-state index contributed by atoms with van der Waals surface area (Å²) in [7, 11) is 0. The molecule has 1 aliphatic heterocycles. The van der Waals surface area contributed by atoms with E-state index >= 15 is 0 Å². The maximum absolute atomic E-state index is 12.3. The molecule has 2 heterocycles. The van der Waals surface area contributed by atoms with Gasteiger partial charge in [-0.1, -0.05) is 12.1 Å². The average Bonchev–Trinajstić information content (AvgIpc) is 3.10. The fourth-order valence-corrected chi connectivity index (χ4v) is 2.75. The van der Waals surface area contributed by atoms with Gasteiger partial charge in [-0.3, -0.25) is 9.89 Å². The van der Waals surface area contributed by atoms with Gasteiger partial charge < -0.3 is 15.3 Å². The Labute approximate surface area is 133 Å². The summed E-state index contributed by atoms with van der Waals surface area (Å²) in [6, 6.07) is 9.01. The lowest BCUT2D eigenvalue weighted by molar-refractivity contribution is -0.143. The molecule has 120 valence electrons. The lowest BCUT2D eigenvalue weighted by Crippen LogP contribution is -2.44. The molecule has 2 aromatic rings. The number of anilines is 1. The summed E-state index contributed by atoms with van der Waals surface area (Å²) in [6.07, 6.45) is 2.99. The van der Waals surface area contributed by atoms with Crippen LogP contribution in [0.1, 0.15) is 12.8 Å². The van der Waals surface area contributed by atoms with Crippen molar-refractivity contribution in [3.63, 3.8) is 0 Å². The third kappa shape index (κ3) is 3.50. The number of aromatic amines is 1. The summed E-state index contributed by atoms with van der Waals surface area (Å²) in [6.45, 7) is 0.831. The first kappa shape index (κ1) is 15.1. The van der Waals surface area contributed by atoms with Crippen LogP contribution in [0.4, 0.5) is 10.5 Å². The van der Waals surface area contributed by atoms with Gasteiger partial charge in [0.2, 0.25) is 0 Å². The number of hydrogen-bond acceptors (Lipinski definition) is 3. The number of rotatable bonds is 3. The molecule has 1 unspecified atom stereocenters. The highest BCUT2D eigenvalue weighted by Gasteiger charge is 2.28. The Bertz CT molecular complexity index is 699. The molecule has 3 rings (SSSR count). The van der Waals surface area contributed by atoms with Crippen LogP contribution in [0.3, 0.4) is 0 Å². The van der Waals surface area contributed by atoms with Crippen LogP contribution in [0.15, 0.2) is 36.5 Å². The molecule has 1 fully saturated rings. The van der Waals surface area contributed by atoms with E-state index in [2.05, 4.69) is 15.5 Å². The number of urea groups is 1. The number of hydrogen-bond donors (Lipinski definition) is 3. The van der Waals surface area contributed by atoms with Crippen molar-refractivity contribution in [3.05, 3.63) is 36.5 Å². The quantitative estimate of drug-likeness (QED) is 0.810. The molecule has 7 heteroatoms. The zero-order valence-electron chi connectivity index (χ0n) is 12.5. The third-order valence-corrected chi connectivity index (χ3v) is 3.98. The van der Waals surface area contributed by atoms with Gasteiger partial charge in [-0.15, -0.1) is 0 Å². The molecule has 1 atom stereocenters. The van der Waals surface area contributed by atoms with Crippen molar-refractivity contribution in [1.82, 2.24) is 15.1 Å². The lowest BCUT2D eigenvalue weighted by atomic mass is 9.99. The van der Waals surface area contributed by atoms with E-state index in [0.717, 1.165) is 11.3 Å². The number of carbonyl (C=O) groups excluding carboxylic acids is 1. The summed E-state index contributed by atoms with van der Waals surface area (Å²) < 4.78 is 0. The van der Waals surface area contributed by atoms with Crippen LogP contribution in [-0.2, 0) is 4.79 Å². The van der Waals surface area contributed by atoms with E-state index in [9.17, 15) is 9.59 Å². The maximum atomic E-state index is 12.3. The number of carboxylic acids is 1. The summed E-state index contributed by atoms with van der Waals surface area (Å²) in [4.78, 5) is 25.0. The summed E-state index contributed by atoms with van der Waals surface area (Å²) in [5.74, 6) is -1.32. The van der Waals surface area contributed by atoms with E-state index in [0.29, 0.717) is 25.1 Å². The molecule has 0 radical (unpaired) electrons. The Balaban J connectivity index is 1.68. The summed E-state index contributed by atoms with van der Waals surface area (Å²) >= 11 is 0. The van der Waals surface area contributed by atoms with Gasteiger partial charge in [0.1, 0.15) is 0 Å². The van der Waals surface area contributed by atoms with Gasteiger partial charge in [0.25, 0.3) is 0 Å². The molecule has 1 aromatic heterocycles. The molecule has 0 aliphatic carbocycles. The van der Waals surface area contributed by atoms with Crippen molar-refractivity contribution < 1.29 is 14.7 Å². The topological polar surface area (TPSA) is 98.3 Å². The number of nitrogens with one attached hydrogen (secondary N) is 2. The number of amides is 2. The molecule has 1 aromatic carbocycles. The zero-order valence-corrected chi connectivity index (χ0v) is 12.5. The Hall–Kier alpha value is -2.83.